The smallest absolute Gasteiger partial charge is 0.298 e. The van der Waals surface area contributed by atoms with Crippen LogP contribution in [0.5, 0.6) is 16.7 Å². The van der Waals surface area contributed by atoms with E-state index >= 15 is 0 Å². The molecule has 0 aliphatic carbocycles. The number of hydrogen-bond donors (Lipinski definition) is 0. The van der Waals surface area contributed by atoms with Crippen LogP contribution in [0.15, 0.2) is 24.3 Å². The third-order valence-electron chi connectivity index (χ3n) is 2.25. The lowest BCUT2D eigenvalue weighted by Crippen LogP contribution is -1.90. The van der Waals surface area contributed by atoms with Gasteiger partial charge in [-0.05, 0) is 31.5 Å². The van der Waals surface area contributed by atoms with Gasteiger partial charge in [0.1, 0.15) is 5.82 Å². The minimum absolute atomic E-state index is 0.518. The summed E-state index contributed by atoms with van der Waals surface area (Å²) in [5.41, 5.74) is 1.06. The van der Waals surface area contributed by atoms with Crippen molar-refractivity contribution in [2.24, 2.45) is 0 Å². The van der Waals surface area contributed by atoms with Gasteiger partial charge in [-0.25, -0.2) is 0 Å². The van der Waals surface area contributed by atoms with E-state index < -0.39 is 0 Å². The van der Waals surface area contributed by atoms with Crippen LogP contribution in [0.3, 0.4) is 0 Å². The molecule has 5 heteroatoms. The Morgan fingerprint density at radius 1 is 1.28 bits per heavy atom. The molecule has 1 aromatic heterocycles. The molecule has 0 spiro atoms. The first-order chi connectivity index (χ1) is 8.72. The van der Waals surface area contributed by atoms with Crippen LogP contribution in [-0.4, -0.2) is 16.5 Å². The lowest BCUT2D eigenvalue weighted by Gasteiger charge is -2.08. The monoisotopic (exact) mass is 262 g/mol. The first-order valence-corrected chi connectivity index (χ1v) is 6.29. The van der Waals surface area contributed by atoms with Crippen molar-refractivity contribution in [3.8, 4) is 16.7 Å². The lowest BCUT2D eigenvalue weighted by atomic mass is 10.2. The number of aromatic nitrogens is 2. The molecule has 0 bridgehead atoms. The van der Waals surface area contributed by atoms with Gasteiger partial charge >= 0.3 is 0 Å². The molecule has 4 nitrogen and oxygen atoms in total. The molecule has 2 rings (SSSR count). The molecule has 1 aromatic carbocycles. The van der Waals surface area contributed by atoms with Crippen LogP contribution in [0.25, 0.3) is 6.08 Å². The van der Waals surface area contributed by atoms with E-state index in [1.807, 2.05) is 44.2 Å². The molecule has 0 amide bonds. The summed E-state index contributed by atoms with van der Waals surface area (Å²) < 4.78 is 15.0. The molecule has 0 aliphatic rings. The SMILES string of the molecule is C/C=C/c1ccc(Oc2nc(C)ns2)c(OC)c1. The minimum atomic E-state index is 0.518. The van der Waals surface area contributed by atoms with E-state index in [-0.39, 0.29) is 0 Å². The van der Waals surface area contributed by atoms with Gasteiger partial charge in [-0.2, -0.15) is 9.36 Å². The van der Waals surface area contributed by atoms with Crippen LogP contribution in [-0.2, 0) is 0 Å². The number of hydrogen-bond acceptors (Lipinski definition) is 5. The summed E-state index contributed by atoms with van der Waals surface area (Å²) in [6.45, 7) is 3.80. The fraction of sp³-hybridized carbons (Fsp3) is 0.231. The van der Waals surface area contributed by atoms with E-state index in [1.54, 1.807) is 7.11 Å². The number of methoxy groups -OCH3 is 1. The number of aryl methyl sites for hydroxylation is 1. The summed E-state index contributed by atoms with van der Waals surface area (Å²) >= 11 is 1.23. The average Bonchev–Trinajstić information content (AvgIpc) is 2.77. The zero-order valence-electron chi connectivity index (χ0n) is 10.5. The van der Waals surface area contributed by atoms with Gasteiger partial charge in [-0.3, -0.25) is 0 Å². The van der Waals surface area contributed by atoms with Crippen LogP contribution in [0.4, 0.5) is 0 Å². The average molecular weight is 262 g/mol. The van der Waals surface area contributed by atoms with Gasteiger partial charge in [0.15, 0.2) is 11.5 Å². The van der Waals surface area contributed by atoms with Gasteiger partial charge < -0.3 is 9.47 Å². The largest absolute Gasteiger partial charge is 0.493 e. The molecule has 0 fully saturated rings. The van der Waals surface area contributed by atoms with E-state index in [9.17, 15) is 0 Å². The van der Waals surface area contributed by atoms with Crippen LogP contribution in [0.2, 0.25) is 0 Å². The molecule has 2 aromatic rings. The van der Waals surface area contributed by atoms with Crippen molar-refractivity contribution in [2.75, 3.05) is 7.11 Å². The molecule has 18 heavy (non-hydrogen) atoms. The molecule has 0 saturated carbocycles. The molecule has 94 valence electrons. The van der Waals surface area contributed by atoms with Gasteiger partial charge in [-0.1, -0.05) is 18.2 Å². The zero-order chi connectivity index (χ0) is 13.0. The quantitative estimate of drug-likeness (QED) is 0.843. The Labute approximate surface area is 110 Å². The van der Waals surface area contributed by atoms with Crippen molar-refractivity contribution in [2.45, 2.75) is 13.8 Å². The van der Waals surface area contributed by atoms with Crippen LogP contribution >= 0.6 is 11.5 Å². The zero-order valence-corrected chi connectivity index (χ0v) is 11.3. The first-order valence-electron chi connectivity index (χ1n) is 5.52. The Morgan fingerprint density at radius 2 is 2.11 bits per heavy atom. The van der Waals surface area contributed by atoms with Crippen LogP contribution < -0.4 is 9.47 Å². The molecule has 0 unspecified atom stereocenters. The van der Waals surface area contributed by atoms with Gasteiger partial charge in [0, 0.05) is 11.5 Å². The predicted molar refractivity (Wildman–Crippen MR) is 72.4 cm³/mol. The maximum absolute atomic E-state index is 5.65. The molecule has 1 heterocycles. The predicted octanol–water partition coefficient (Wildman–Crippen LogP) is 3.68. The Hall–Kier alpha value is -1.88. The molecule has 0 saturated heterocycles. The Balaban J connectivity index is 2.27. The highest BCUT2D eigenvalue weighted by molar-refractivity contribution is 7.07. The number of benzene rings is 1. The van der Waals surface area contributed by atoms with Gasteiger partial charge in [0.2, 0.25) is 0 Å². The number of nitrogens with zero attached hydrogens (tertiary/aromatic N) is 2. The molecular formula is C13H14N2O2S. The summed E-state index contributed by atoms with van der Waals surface area (Å²) in [6, 6.07) is 5.75. The lowest BCUT2D eigenvalue weighted by molar-refractivity contribution is 0.378. The summed E-state index contributed by atoms with van der Waals surface area (Å²) in [5, 5.41) is 0.518. The van der Waals surface area contributed by atoms with E-state index in [0.29, 0.717) is 22.5 Å². The first kappa shape index (κ1) is 12.6. The second-order valence-corrected chi connectivity index (χ2v) is 4.33. The fourth-order valence-electron chi connectivity index (χ4n) is 1.48. The highest BCUT2D eigenvalue weighted by atomic mass is 32.1. The van der Waals surface area contributed by atoms with Gasteiger partial charge in [-0.15, -0.1) is 0 Å². The fourth-order valence-corrected chi connectivity index (χ4v) is 2.03. The highest BCUT2D eigenvalue weighted by Gasteiger charge is 2.09. The van der Waals surface area contributed by atoms with Gasteiger partial charge in [0.05, 0.1) is 7.11 Å². The normalized spacial score (nSPS) is 10.8. The third-order valence-corrected chi connectivity index (χ3v) is 2.94. The van der Waals surface area contributed by atoms with Crippen molar-refractivity contribution in [1.82, 2.24) is 9.36 Å². The second-order valence-electron chi connectivity index (χ2n) is 3.62. The van der Waals surface area contributed by atoms with E-state index in [1.165, 1.54) is 11.5 Å². The molecule has 0 aliphatic heterocycles. The highest BCUT2D eigenvalue weighted by Crippen LogP contribution is 2.33. The summed E-state index contributed by atoms with van der Waals surface area (Å²) in [7, 11) is 1.62. The molecule has 0 atom stereocenters. The van der Waals surface area contributed by atoms with Crippen molar-refractivity contribution in [3.05, 3.63) is 35.7 Å². The summed E-state index contributed by atoms with van der Waals surface area (Å²) in [6.07, 6.45) is 3.98. The van der Waals surface area contributed by atoms with Crippen molar-refractivity contribution in [3.63, 3.8) is 0 Å². The number of rotatable bonds is 4. The Bertz CT molecular complexity index is 564. The topological polar surface area (TPSA) is 44.2 Å². The standard InChI is InChI=1S/C13H14N2O2S/c1-4-5-10-6-7-11(12(8-10)16-3)17-13-14-9(2)15-18-13/h4-8H,1-3H3/b5-4+. The maximum Gasteiger partial charge on any atom is 0.298 e. The van der Waals surface area contributed by atoms with E-state index in [2.05, 4.69) is 9.36 Å². The van der Waals surface area contributed by atoms with E-state index in [0.717, 1.165) is 5.56 Å². The maximum atomic E-state index is 5.65. The van der Waals surface area contributed by atoms with Crippen molar-refractivity contribution in [1.29, 1.82) is 0 Å². The Morgan fingerprint density at radius 3 is 2.72 bits per heavy atom. The molecular weight excluding hydrogens is 248 g/mol. The van der Waals surface area contributed by atoms with Gasteiger partial charge in [0.25, 0.3) is 5.19 Å². The summed E-state index contributed by atoms with van der Waals surface area (Å²) in [4.78, 5) is 4.16. The van der Waals surface area contributed by atoms with Crippen molar-refractivity contribution >= 4 is 17.6 Å². The van der Waals surface area contributed by atoms with Crippen LogP contribution in [0, 0.1) is 6.92 Å². The van der Waals surface area contributed by atoms with Crippen LogP contribution in [0.1, 0.15) is 18.3 Å². The van der Waals surface area contributed by atoms with Crippen molar-refractivity contribution < 1.29 is 9.47 Å². The number of allylic oxidation sites excluding steroid dienone is 1. The third kappa shape index (κ3) is 2.87. The molecule has 0 radical (unpaired) electrons. The van der Waals surface area contributed by atoms with E-state index in [4.69, 9.17) is 9.47 Å². The summed E-state index contributed by atoms with van der Waals surface area (Å²) in [5.74, 6) is 2.03. The number of ether oxygens (including phenoxy) is 2. The molecule has 0 N–H and O–H groups in total. The second kappa shape index (κ2) is 5.64. The minimum Gasteiger partial charge on any atom is -0.493 e. The Kier molecular flexibility index (Phi) is 3.94.